The number of hydrogen-bond donors (Lipinski definition) is 2. The lowest BCUT2D eigenvalue weighted by molar-refractivity contribution is 0.688. The lowest BCUT2D eigenvalue weighted by atomic mass is 10.0. The predicted octanol–water partition coefficient (Wildman–Crippen LogP) is 4.66. The van der Waals surface area contributed by atoms with Crippen LogP contribution in [0.4, 0.5) is 0 Å². The van der Waals surface area contributed by atoms with Gasteiger partial charge in [-0.05, 0) is 55.1 Å². The molecule has 2 aromatic rings. The van der Waals surface area contributed by atoms with Crippen LogP contribution in [0.25, 0.3) is 0 Å². The number of nitrogens with one attached hydrogen (secondary N) is 2. The zero-order valence-electron chi connectivity index (χ0n) is 13.4. The molecule has 1 aromatic carbocycles. The van der Waals surface area contributed by atoms with Crippen molar-refractivity contribution in [3.8, 4) is 0 Å². The van der Waals surface area contributed by atoms with Gasteiger partial charge < -0.3 is 10.6 Å². The topological polar surface area (TPSA) is 24.1 Å². The van der Waals surface area contributed by atoms with Crippen molar-refractivity contribution < 1.29 is 0 Å². The van der Waals surface area contributed by atoms with E-state index in [1.54, 1.807) is 11.3 Å². The molecule has 0 saturated carbocycles. The standard InChI is InChI=1S/C18H24N2S2/c1-4-6-14-8-10-15(11-9-14)17(16-7-5-12-22-16)20-18(21)19-13(2)3/h5,7-13,17H,4,6H2,1-3H3,(H2,19,20,21)/t17-/m0/s1. The molecule has 0 bridgehead atoms. The van der Waals surface area contributed by atoms with Crippen LogP contribution in [-0.2, 0) is 6.42 Å². The summed E-state index contributed by atoms with van der Waals surface area (Å²) in [6.45, 7) is 6.39. The van der Waals surface area contributed by atoms with Crippen LogP contribution in [0.2, 0.25) is 0 Å². The summed E-state index contributed by atoms with van der Waals surface area (Å²) in [6, 6.07) is 13.5. The van der Waals surface area contributed by atoms with Crippen molar-refractivity contribution >= 4 is 28.7 Å². The van der Waals surface area contributed by atoms with E-state index in [4.69, 9.17) is 12.2 Å². The minimum atomic E-state index is 0.106. The van der Waals surface area contributed by atoms with Crippen molar-refractivity contribution in [2.24, 2.45) is 0 Å². The van der Waals surface area contributed by atoms with Crippen molar-refractivity contribution in [2.45, 2.75) is 45.7 Å². The lowest BCUT2D eigenvalue weighted by Crippen LogP contribution is -2.41. The summed E-state index contributed by atoms with van der Waals surface area (Å²) in [5.41, 5.74) is 2.63. The third-order valence-electron chi connectivity index (χ3n) is 3.37. The second-order valence-corrected chi connectivity index (χ2v) is 7.10. The Bertz CT molecular complexity index is 574. The van der Waals surface area contributed by atoms with Gasteiger partial charge in [-0.2, -0.15) is 0 Å². The van der Waals surface area contributed by atoms with E-state index in [2.05, 4.69) is 73.2 Å². The van der Waals surface area contributed by atoms with Crippen molar-refractivity contribution in [2.75, 3.05) is 0 Å². The van der Waals surface area contributed by atoms with Crippen LogP contribution in [0.5, 0.6) is 0 Å². The molecule has 118 valence electrons. The SMILES string of the molecule is CCCc1ccc([C@H](NC(=S)NC(C)C)c2cccs2)cc1. The fourth-order valence-electron chi connectivity index (χ4n) is 2.37. The first kappa shape index (κ1) is 17.0. The average Bonchev–Trinajstić information content (AvgIpc) is 2.99. The van der Waals surface area contributed by atoms with Crippen LogP contribution in [0.3, 0.4) is 0 Å². The molecule has 2 N–H and O–H groups in total. The number of benzene rings is 1. The van der Waals surface area contributed by atoms with Crippen LogP contribution in [0.1, 0.15) is 49.2 Å². The summed E-state index contributed by atoms with van der Waals surface area (Å²) >= 11 is 7.18. The molecule has 0 aliphatic rings. The molecule has 0 aliphatic carbocycles. The monoisotopic (exact) mass is 332 g/mol. The van der Waals surface area contributed by atoms with Crippen LogP contribution in [-0.4, -0.2) is 11.2 Å². The van der Waals surface area contributed by atoms with E-state index in [1.807, 2.05) is 0 Å². The van der Waals surface area contributed by atoms with E-state index in [9.17, 15) is 0 Å². The Morgan fingerprint density at radius 1 is 1.14 bits per heavy atom. The van der Waals surface area contributed by atoms with Gasteiger partial charge in [0.05, 0.1) is 6.04 Å². The van der Waals surface area contributed by atoms with Crippen LogP contribution < -0.4 is 10.6 Å². The van der Waals surface area contributed by atoms with Crippen LogP contribution in [0, 0.1) is 0 Å². The third-order valence-corrected chi connectivity index (χ3v) is 4.55. The van der Waals surface area contributed by atoms with Gasteiger partial charge >= 0.3 is 0 Å². The van der Waals surface area contributed by atoms with Crippen molar-refractivity contribution in [3.05, 3.63) is 57.8 Å². The van der Waals surface area contributed by atoms with Gasteiger partial charge in [-0.3, -0.25) is 0 Å². The zero-order chi connectivity index (χ0) is 15.9. The number of aryl methyl sites for hydroxylation is 1. The normalized spacial score (nSPS) is 12.2. The molecule has 0 saturated heterocycles. The fraction of sp³-hybridized carbons (Fsp3) is 0.389. The predicted molar refractivity (Wildman–Crippen MR) is 101 cm³/mol. The Balaban J connectivity index is 2.19. The summed E-state index contributed by atoms with van der Waals surface area (Å²) in [5, 5.41) is 9.52. The molecule has 0 aliphatic heterocycles. The van der Waals surface area contributed by atoms with Gasteiger partial charge in [0.1, 0.15) is 0 Å². The zero-order valence-corrected chi connectivity index (χ0v) is 15.1. The van der Waals surface area contributed by atoms with E-state index in [1.165, 1.54) is 22.4 Å². The van der Waals surface area contributed by atoms with Crippen LogP contribution >= 0.6 is 23.6 Å². The number of hydrogen-bond acceptors (Lipinski definition) is 2. The Morgan fingerprint density at radius 3 is 2.41 bits per heavy atom. The largest absolute Gasteiger partial charge is 0.361 e. The molecule has 4 heteroatoms. The molecular weight excluding hydrogens is 308 g/mol. The highest BCUT2D eigenvalue weighted by Gasteiger charge is 2.16. The molecule has 2 rings (SSSR count). The van der Waals surface area contributed by atoms with Gasteiger partial charge in [0, 0.05) is 10.9 Å². The Labute approximate surface area is 143 Å². The Hall–Kier alpha value is -1.39. The highest BCUT2D eigenvalue weighted by molar-refractivity contribution is 7.80. The molecule has 1 heterocycles. The molecular formula is C18H24N2S2. The van der Waals surface area contributed by atoms with E-state index >= 15 is 0 Å². The third kappa shape index (κ3) is 4.82. The first-order valence-electron chi connectivity index (χ1n) is 7.79. The van der Waals surface area contributed by atoms with Gasteiger partial charge in [-0.25, -0.2) is 0 Å². The van der Waals surface area contributed by atoms with Crippen molar-refractivity contribution in [1.29, 1.82) is 0 Å². The van der Waals surface area contributed by atoms with E-state index in [0.717, 1.165) is 6.42 Å². The highest BCUT2D eigenvalue weighted by atomic mass is 32.1. The minimum Gasteiger partial charge on any atom is -0.361 e. The first-order chi connectivity index (χ1) is 10.6. The second kappa shape index (κ2) is 8.30. The van der Waals surface area contributed by atoms with Crippen molar-refractivity contribution in [3.63, 3.8) is 0 Å². The lowest BCUT2D eigenvalue weighted by Gasteiger charge is -2.22. The highest BCUT2D eigenvalue weighted by Crippen LogP contribution is 2.26. The molecule has 22 heavy (non-hydrogen) atoms. The van der Waals surface area contributed by atoms with Crippen LogP contribution in [0.15, 0.2) is 41.8 Å². The molecule has 0 amide bonds. The Morgan fingerprint density at radius 2 is 1.86 bits per heavy atom. The molecule has 1 atom stereocenters. The minimum absolute atomic E-state index is 0.106. The van der Waals surface area contributed by atoms with E-state index < -0.39 is 0 Å². The smallest absolute Gasteiger partial charge is 0.167 e. The van der Waals surface area contributed by atoms with Gasteiger partial charge in [0.2, 0.25) is 0 Å². The number of thiocarbonyl (C=S) groups is 1. The van der Waals surface area contributed by atoms with Gasteiger partial charge in [0.15, 0.2) is 5.11 Å². The van der Waals surface area contributed by atoms with Crippen molar-refractivity contribution in [1.82, 2.24) is 10.6 Å². The second-order valence-electron chi connectivity index (χ2n) is 5.71. The summed E-state index contributed by atoms with van der Waals surface area (Å²) in [4.78, 5) is 1.27. The number of thiophene rings is 1. The summed E-state index contributed by atoms with van der Waals surface area (Å²) in [6.07, 6.45) is 2.30. The molecule has 0 fully saturated rings. The Kier molecular flexibility index (Phi) is 6.40. The number of rotatable bonds is 6. The fourth-order valence-corrected chi connectivity index (χ4v) is 3.53. The maximum atomic E-state index is 5.43. The molecule has 0 spiro atoms. The molecule has 0 unspecified atom stereocenters. The molecule has 0 radical (unpaired) electrons. The van der Waals surface area contributed by atoms with E-state index in [0.29, 0.717) is 11.2 Å². The summed E-state index contributed by atoms with van der Waals surface area (Å²) < 4.78 is 0. The van der Waals surface area contributed by atoms with Gasteiger partial charge in [-0.15, -0.1) is 11.3 Å². The quantitative estimate of drug-likeness (QED) is 0.752. The van der Waals surface area contributed by atoms with Gasteiger partial charge in [0.25, 0.3) is 0 Å². The maximum absolute atomic E-state index is 5.43. The summed E-state index contributed by atoms with van der Waals surface area (Å²) in [7, 11) is 0. The summed E-state index contributed by atoms with van der Waals surface area (Å²) in [5.74, 6) is 0. The molecule has 2 nitrogen and oxygen atoms in total. The van der Waals surface area contributed by atoms with E-state index in [-0.39, 0.29) is 6.04 Å². The maximum Gasteiger partial charge on any atom is 0.167 e. The first-order valence-corrected chi connectivity index (χ1v) is 9.08. The average molecular weight is 333 g/mol. The molecule has 1 aromatic heterocycles. The van der Waals surface area contributed by atoms with Gasteiger partial charge in [-0.1, -0.05) is 43.7 Å².